The third-order valence-corrected chi connectivity index (χ3v) is 4.67. The molecular weight excluding hydrogens is 272 g/mol. The predicted molar refractivity (Wildman–Crippen MR) is 81.4 cm³/mol. The average molecular weight is 292 g/mol. The van der Waals surface area contributed by atoms with E-state index < -0.39 is 0 Å². The molecule has 1 heterocycles. The second kappa shape index (κ2) is 7.33. The normalized spacial score (nSPS) is 16.9. The van der Waals surface area contributed by atoms with Crippen molar-refractivity contribution >= 4 is 24.1 Å². The Morgan fingerprint density at radius 2 is 1.90 bits per heavy atom. The number of hydrogen-bond donors (Lipinski definition) is 0. The molecule has 0 saturated carbocycles. The van der Waals surface area contributed by atoms with E-state index in [1.807, 2.05) is 30.0 Å². The van der Waals surface area contributed by atoms with Gasteiger partial charge in [-0.1, -0.05) is 30.3 Å². The number of rotatable bonds is 5. The molecule has 0 spiro atoms. The molecule has 0 radical (unpaired) electrons. The van der Waals surface area contributed by atoms with Crippen molar-refractivity contribution in [3.63, 3.8) is 0 Å². The molecule has 2 rings (SSSR count). The van der Waals surface area contributed by atoms with Crippen molar-refractivity contribution in [2.45, 2.75) is 17.9 Å². The molecule has 1 aliphatic rings. The van der Waals surface area contributed by atoms with Crippen molar-refractivity contribution in [1.29, 1.82) is 0 Å². The molecule has 1 aromatic rings. The molecule has 1 aromatic carbocycles. The lowest BCUT2D eigenvalue weighted by Crippen LogP contribution is -2.50. The van der Waals surface area contributed by atoms with Gasteiger partial charge in [0, 0.05) is 31.9 Å². The van der Waals surface area contributed by atoms with Crippen LogP contribution in [-0.2, 0) is 15.3 Å². The van der Waals surface area contributed by atoms with Gasteiger partial charge in [0.2, 0.25) is 12.3 Å². The third-order valence-electron chi connectivity index (χ3n) is 3.47. The zero-order valence-electron chi connectivity index (χ0n) is 11.7. The Morgan fingerprint density at radius 1 is 1.25 bits per heavy atom. The summed E-state index contributed by atoms with van der Waals surface area (Å²) >= 11 is 1.66. The molecule has 1 fully saturated rings. The number of carbonyl (C=O) groups excluding carboxylic acids is 2. The summed E-state index contributed by atoms with van der Waals surface area (Å²) in [7, 11) is 0. The van der Waals surface area contributed by atoms with E-state index in [9.17, 15) is 9.59 Å². The van der Waals surface area contributed by atoms with Crippen molar-refractivity contribution in [1.82, 2.24) is 9.80 Å². The van der Waals surface area contributed by atoms with Crippen molar-refractivity contribution < 1.29 is 9.59 Å². The van der Waals surface area contributed by atoms with Gasteiger partial charge in [-0.25, -0.2) is 0 Å². The second-order valence-electron chi connectivity index (χ2n) is 4.91. The van der Waals surface area contributed by atoms with Gasteiger partial charge in [-0.3, -0.25) is 9.59 Å². The van der Waals surface area contributed by atoms with Crippen molar-refractivity contribution in [3.8, 4) is 0 Å². The van der Waals surface area contributed by atoms with Gasteiger partial charge >= 0.3 is 0 Å². The van der Waals surface area contributed by atoms with E-state index in [4.69, 9.17) is 0 Å². The maximum absolute atomic E-state index is 12.3. The Balaban J connectivity index is 1.79. The van der Waals surface area contributed by atoms with E-state index in [1.165, 1.54) is 5.56 Å². The maximum atomic E-state index is 12.3. The first-order chi connectivity index (χ1) is 9.70. The summed E-state index contributed by atoms with van der Waals surface area (Å²) in [6.45, 7) is 4.54. The minimum Gasteiger partial charge on any atom is -0.342 e. The van der Waals surface area contributed by atoms with Crippen molar-refractivity contribution in [3.05, 3.63) is 35.9 Å². The number of amides is 2. The average Bonchev–Trinajstić information content (AvgIpc) is 2.53. The molecule has 0 N–H and O–H groups in total. The number of benzene rings is 1. The standard InChI is InChI=1S/C15H20N2O2S/c1-13(20-11-14-5-3-2-4-6-14)15(19)17-9-7-16(12-18)8-10-17/h2-6,12-13H,7-11H2,1H3. The van der Waals surface area contributed by atoms with Crippen molar-refractivity contribution in [2.24, 2.45) is 0 Å². The Hall–Kier alpha value is -1.49. The lowest BCUT2D eigenvalue weighted by molar-refractivity contribution is -0.134. The molecule has 1 saturated heterocycles. The van der Waals surface area contributed by atoms with Crippen LogP contribution in [0.25, 0.3) is 0 Å². The summed E-state index contributed by atoms with van der Waals surface area (Å²) in [4.78, 5) is 26.5. The van der Waals surface area contributed by atoms with E-state index in [-0.39, 0.29) is 11.2 Å². The highest BCUT2D eigenvalue weighted by atomic mass is 32.2. The molecule has 5 heteroatoms. The fraction of sp³-hybridized carbons (Fsp3) is 0.467. The molecule has 4 nitrogen and oxygen atoms in total. The predicted octanol–water partition coefficient (Wildman–Crippen LogP) is 1.61. The van der Waals surface area contributed by atoms with E-state index in [1.54, 1.807) is 16.7 Å². The molecule has 0 aromatic heterocycles. The monoisotopic (exact) mass is 292 g/mol. The lowest BCUT2D eigenvalue weighted by Gasteiger charge is -2.33. The first-order valence-electron chi connectivity index (χ1n) is 6.84. The largest absolute Gasteiger partial charge is 0.342 e. The van der Waals surface area contributed by atoms with Gasteiger partial charge in [0.25, 0.3) is 0 Å². The molecular formula is C15H20N2O2S. The second-order valence-corrected chi connectivity index (χ2v) is 6.23. The van der Waals surface area contributed by atoms with Crippen molar-refractivity contribution in [2.75, 3.05) is 26.2 Å². The number of nitrogens with zero attached hydrogens (tertiary/aromatic N) is 2. The van der Waals surface area contributed by atoms with Gasteiger partial charge < -0.3 is 9.80 Å². The minimum absolute atomic E-state index is 0.0435. The van der Waals surface area contributed by atoms with Crippen LogP contribution in [0, 0.1) is 0 Å². The molecule has 1 aliphatic heterocycles. The summed E-state index contributed by atoms with van der Waals surface area (Å²) in [5.41, 5.74) is 1.24. The topological polar surface area (TPSA) is 40.6 Å². The zero-order valence-corrected chi connectivity index (χ0v) is 12.5. The van der Waals surface area contributed by atoms with E-state index in [2.05, 4.69) is 12.1 Å². The van der Waals surface area contributed by atoms with Gasteiger partial charge in [0.05, 0.1) is 5.25 Å². The van der Waals surface area contributed by atoms with E-state index in [0.29, 0.717) is 26.2 Å². The molecule has 1 unspecified atom stereocenters. The third kappa shape index (κ3) is 4.00. The molecule has 20 heavy (non-hydrogen) atoms. The van der Waals surface area contributed by atoms with E-state index >= 15 is 0 Å². The first-order valence-corrected chi connectivity index (χ1v) is 7.89. The maximum Gasteiger partial charge on any atom is 0.235 e. The summed E-state index contributed by atoms with van der Waals surface area (Å²) in [6, 6.07) is 10.2. The van der Waals surface area contributed by atoms with Gasteiger partial charge in [-0.2, -0.15) is 0 Å². The summed E-state index contributed by atoms with van der Waals surface area (Å²) in [5, 5.41) is -0.0435. The molecule has 1 atom stereocenters. The number of carbonyl (C=O) groups is 2. The van der Waals surface area contributed by atoms with Gasteiger partial charge in [-0.15, -0.1) is 11.8 Å². The Morgan fingerprint density at radius 3 is 2.50 bits per heavy atom. The summed E-state index contributed by atoms with van der Waals surface area (Å²) in [5.74, 6) is 1.03. The fourth-order valence-corrected chi connectivity index (χ4v) is 3.10. The Kier molecular flexibility index (Phi) is 5.47. The summed E-state index contributed by atoms with van der Waals surface area (Å²) < 4.78 is 0. The van der Waals surface area contributed by atoms with Gasteiger partial charge in [0.1, 0.15) is 0 Å². The Labute approximate surface area is 124 Å². The molecule has 0 bridgehead atoms. The van der Waals surface area contributed by atoms with Crippen LogP contribution in [0.15, 0.2) is 30.3 Å². The number of thioether (sulfide) groups is 1. The highest BCUT2D eigenvalue weighted by molar-refractivity contribution is 7.99. The zero-order chi connectivity index (χ0) is 14.4. The Bertz CT molecular complexity index is 444. The lowest BCUT2D eigenvalue weighted by atomic mass is 10.2. The smallest absolute Gasteiger partial charge is 0.235 e. The van der Waals surface area contributed by atoms with E-state index in [0.717, 1.165) is 12.2 Å². The highest BCUT2D eigenvalue weighted by Crippen LogP contribution is 2.19. The van der Waals surface area contributed by atoms with Crippen LogP contribution in [0.4, 0.5) is 0 Å². The van der Waals surface area contributed by atoms with Gasteiger partial charge in [0.15, 0.2) is 0 Å². The van der Waals surface area contributed by atoms with Gasteiger partial charge in [-0.05, 0) is 12.5 Å². The molecule has 0 aliphatic carbocycles. The minimum atomic E-state index is -0.0435. The molecule has 2 amide bonds. The van der Waals surface area contributed by atoms with Crippen LogP contribution < -0.4 is 0 Å². The molecule has 108 valence electrons. The van der Waals surface area contributed by atoms with Crippen LogP contribution in [0.3, 0.4) is 0 Å². The SMILES string of the molecule is CC(SCc1ccccc1)C(=O)N1CCN(C=O)CC1. The van der Waals surface area contributed by atoms with Crippen LogP contribution in [0.5, 0.6) is 0 Å². The van der Waals surface area contributed by atoms with Crippen LogP contribution in [-0.4, -0.2) is 53.5 Å². The van der Waals surface area contributed by atoms with Crippen LogP contribution in [0.2, 0.25) is 0 Å². The fourth-order valence-electron chi connectivity index (χ4n) is 2.17. The first kappa shape index (κ1) is 14.9. The van der Waals surface area contributed by atoms with Crippen LogP contribution >= 0.6 is 11.8 Å². The van der Waals surface area contributed by atoms with Crippen LogP contribution in [0.1, 0.15) is 12.5 Å². The highest BCUT2D eigenvalue weighted by Gasteiger charge is 2.24. The number of piperazine rings is 1. The summed E-state index contributed by atoms with van der Waals surface area (Å²) in [6.07, 6.45) is 0.857. The number of hydrogen-bond acceptors (Lipinski definition) is 3. The quantitative estimate of drug-likeness (QED) is 0.774.